The van der Waals surface area contributed by atoms with Crippen LogP contribution in [0.15, 0.2) is 12.1 Å². The summed E-state index contributed by atoms with van der Waals surface area (Å²) in [6, 6.07) is 2.88. The molecule has 0 spiro atoms. The Labute approximate surface area is 217 Å². The number of hydroxylamine groups is 2. The Morgan fingerprint density at radius 2 is 2.00 bits per heavy atom. The van der Waals surface area contributed by atoms with Gasteiger partial charge in [0.2, 0.25) is 22.6 Å². The monoisotopic (exact) mass is 543 g/mol. The lowest BCUT2D eigenvalue weighted by Crippen LogP contribution is -2.45. The second kappa shape index (κ2) is 12.8. The molecule has 1 fully saturated rings. The average molecular weight is 544 g/mol. The molecular weight excluding hydrogens is 506 g/mol. The average Bonchev–Trinajstić information content (AvgIpc) is 3.45. The second-order valence-corrected chi connectivity index (χ2v) is 11.0. The number of fused-ring (bicyclic) bond motifs is 1. The molecule has 13 heteroatoms. The fourth-order valence-corrected chi connectivity index (χ4v) is 5.35. The molecule has 0 aromatic heterocycles. The van der Waals surface area contributed by atoms with Crippen molar-refractivity contribution in [3.05, 3.63) is 17.7 Å². The quantitative estimate of drug-likeness (QED) is 0.331. The molecule has 37 heavy (non-hydrogen) atoms. The minimum absolute atomic E-state index is 0.0353. The summed E-state index contributed by atoms with van der Waals surface area (Å²) >= 11 is 0. The van der Waals surface area contributed by atoms with Crippen LogP contribution in [0.1, 0.15) is 44.6 Å². The lowest BCUT2D eigenvalue weighted by atomic mass is 9.84. The highest BCUT2D eigenvalue weighted by Gasteiger charge is 2.47. The zero-order chi connectivity index (χ0) is 27.2. The number of ether oxygens (including phenoxy) is 3. The summed E-state index contributed by atoms with van der Waals surface area (Å²) in [5.74, 6) is -1.37. The summed E-state index contributed by atoms with van der Waals surface area (Å²) in [5, 5.41) is 11.6. The van der Waals surface area contributed by atoms with E-state index in [4.69, 9.17) is 19.0 Å². The van der Waals surface area contributed by atoms with E-state index >= 15 is 0 Å². The van der Waals surface area contributed by atoms with Gasteiger partial charge in [0.05, 0.1) is 32.4 Å². The van der Waals surface area contributed by atoms with Gasteiger partial charge in [0.1, 0.15) is 0 Å². The van der Waals surface area contributed by atoms with Crippen LogP contribution in [0.3, 0.4) is 0 Å². The van der Waals surface area contributed by atoms with Crippen LogP contribution < -0.4 is 18.9 Å². The van der Waals surface area contributed by atoms with Gasteiger partial charge in [-0.15, -0.1) is 0 Å². The highest BCUT2D eigenvalue weighted by molar-refractivity contribution is 7.88. The molecule has 0 saturated carbocycles. The molecule has 1 aromatic carbocycles. The predicted octanol–water partition coefficient (Wildman–Crippen LogP) is 1.41. The third-order valence-electron chi connectivity index (χ3n) is 6.44. The van der Waals surface area contributed by atoms with E-state index in [2.05, 4.69) is 4.72 Å². The zero-order valence-corrected chi connectivity index (χ0v) is 22.6. The van der Waals surface area contributed by atoms with Gasteiger partial charge in [0, 0.05) is 31.6 Å². The molecule has 208 valence electrons. The molecule has 1 aromatic rings. The number of hydrogen-bond donors (Lipinski definition) is 2. The largest absolute Gasteiger partial charge is 0.493 e. The first-order chi connectivity index (χ1) is 17.6. The number of carboxylic acids is 1. The van der Waals surface area contributed by atoms with E-state index in [9.17, 15) is 23.1 Å². The first-order valence-corrected chi connectivity index (χ1v) is 14.3. The Morgan fingerprint density at radius 3 is 2.62 bits per heavy atom. The van der Waals surface area contributed by atoms with Crippen LogP contribution in [0.4, 0.5) is 0 Å². The molecule has 0 unspecified atom stereocenters. The number of carboxylic acid groups (broad SMARTS) is 1. The van der Waals surface area contributed by atoms with Crippen LogP contribution in [0.2, 0.25) is 0 Å². The van der Waals surface area contributed by atoms with Gasteiger partial charge in [0.25, 0.3) is 5.91 Å². The van der Waals surface area contributed by atoms with E-state index in [1.807, 2.05) is 18.7 Å². The molecular formula is C24H37N3O9S. The van der Waals surface area contributed by atoms with Gasteiger partial charge in [-0.05, 0) is 37.0 Å². The highest BCUT2D eigenvalue weighted by atomic mass is 32.2. The van der Waals surface area contributed by atoms with Crippen molar-refractivity contribution in [3.63, 3.8) is 0 Å². The van der Waals surface area contributed by atoms with Gasteiger partial charge < -0.3 is 19.3 Å². The van der Waals surface area contributed by atoms with E-state index in [1.54, 1.807) is 12.1 Å². The van der Waals surface area contributed by atoms with Crippen LogP contribution in [0.5, 0.6) is 17.2 Å². The Balaban J connectivity index is 1.92. The number of likely N-dealkylation sites (tertiary alicyclic amines) is 1. The number of benzene rings is 1. The molecule has 3 rings (SSSR count). The van der Waals surface area contributed by atoms with Gasteiger partial charge in [-0.25, -0.2) is 18.2 Å². The van der Waals surface area contributed by atoms with Gasteiger partial charge in [-0.1, -0.05) is 13.8 Å². The normalized spacial score (nSPS) is 21.2. The number of nitrogens with zero attached hydrogens (tertiary/aromatic N) is 2. The molecule has 0 radical (unpaired) electrons. The van der Waals surface area contributed by atoms with Crippen molar-refractivity contribution >= 4 is 21.9 Å². The third kappa shape index (κ3) is 7.24. The maximum absolute atomic E-state index is 13.2. The molecule has 2 N–H and O–H groups in total. The summed E-state index contributed by atoms with van der Waals surface area (Å²) in [6.45, 7) is 4.98. The molecule has 1 saturated heterocycles. The number of methoxy groups -OCH3 is 1. The minimum atomic E-state index is -3.46. The fraction of sp³-hybridized carbons (Fsp3) is 0.667. The Morgan fingerprint density at radius 1 is 1.24 bits per heavy atom. The standard InChI is InChI=1S/C24H37N3O9S/c1-5-9-27(36-10-6-2)21(28)14-26-13-17(16-11-19(33-3)23-20(12-16)34-15-35-23)22(24(29)30)18(26)7-8-25-37(4,31)32/h11-12,17-18,22,25H,5-10,13-15H2,1-4H3,(H,29,30)/t17-,18+,22-/m1/s1. The number of rotatable bonds is 14. The number of carbonyl (C=O) groups is 2. The summed E-state index contributed by atoms with van der Waals surface area (Å²) in [7, 11) is -1.97. The van der Waals surface area contributed by atoms with E-state index in [0.717, 1.165) is 12.7 Å². The molecule has 2 aliphatic rings. The van der Waals surface area contributed by atoms with E-state index in [1.165, 1.54) is 12.2 Å². The molecule has 2 aliphatic heterocycles. The van der Waals surface area contributed by atoms with Crippen molar-refractivity contribution in [2.75, 3.05) is 52.9 Å². The highest BCUT2D eigenvalue weighted by Crippen LogP contribution is 2.47. The van der Waals surface area contributed by atoms with Crippen molar-refractivity contribution in [1.29, 1.82) is 0 Å². The SMILES string of the molecule is CCCON(CCC)C(=O)CN1C[C@H](c2cc(OC)c3c(c2)OCO3)[C@@H](C(=O)O)[C@@H]1CCNS(C)(=O)=O. The van der Waals surface area contributed by atoms with Crippen molar-refractivity contribution in [1.82, 2.24) is 14.7 Å². The summed E-state index contributed by atoms with van der Waals surface area (Å²) in [5.41, 5.74) is 0.678. The van der Waals surface area contributed by atoms with Crippen LogP contribution in [0.25, 0.3) is 0 Å². The van der Waals surface area contributed by atoms with E-state index in [0.29, 0.717) is 42.4 Å². The molecule has 0 bridgehead atoms. The second-order valence-electron chi connectivity index (χ2n) is 9.21. The lowest BCUT2D eigenvalue weighted by Gasteiger charge is -2.29. The molecule has 12 nitrogen and oxygen atoms in total. The summed E-state index contributed by atoms with van der Waals surface area (Å²) in [6.07, 6.45) is 2.70. The topological polar surface area (TPSA) is 144 Å². The maximum atomic E-state index is 13.2. The number of nitrogens with one attached hydrogen (secondary N) is 1. The van der Waals surface area contributed by atoms with Crippen molar-refractivity contribution < 1.29 is 42.2 Å². The smallest absolute Gasteiger partial charge is 0.308 e. The van der Waals surface area contributed by atoms with Crippen molar-refractivity contribution in [2.24, 2.45) is 5.92 Å². The Bertz CT molecular complexity index is 1070. The lowest BCUT2D eigenvalue weighted by molar-refractivity contribution is -0.188. The van der Waals surface area contributed by atoms with Gasteiger partial charge in [-0.2, -0.15) is 0 Å². The van der Waals surface area contributed by atoms with Crippen LogP contribution in [-0.2, 0) is 24.4 Å². The Kier molecular flexibility index (Phi) is 9.99. The number of sulfonamides is 1. The zero-order valence-electron chi connectivity index (χ0n) is 21.8. The number of aliphatic carboxylic acids is 1. The summed E-state index contributed by atoms with van der Waals surface area (Å²) in [4.78, 5) is 33.2. The maximum Gasteiger partial charge on any atom is 0.308 e. The van der Waals surface area contributed by atoms with E-state index in [-0.39, 0.29) is 38.8 Å². The predicted molar refractivity (Wildman–Crippen MR) is 134 cm³/mol. The molecule has 3 atom stereocenters. The van der Waals surface area contributed by atoms with Crippen LogP contribution >= 0.6 is 0 Å². The third-order valence-corrected chi connectivity index (χ3v) is 7.17. The van der Waals surface area contributed by atoms with Gasteiger partial charge >= 0.3 is 5.97 Å². The van der Waals surface area contributed by atoms with Gasteiger partial charge in [-0.3, -0.25) is 19.3 Å². The first-order valence-electron chi connectivity index (χ1n) is 12.4. The Hall–Kier alpha value is -2.61. The molecule has 2 heterocycles. The number of amides is 1. The van der Waals surface area contributed by atoms with E-state index < -0.39 is 33.9 Å². The van der Waals surface area contributed by atoms with Gasteiger partial charge in [0.15, 0.2) is 11.5 Å². The minimum Gasteiger partial charge on any atom is -0.493 e. The van der Waals surface area contributed by atoms with Crippen LogP contribution in [-0.4, -0.2) is 94.4 Å². The number of carbonyl (C=O) groups excluding carboxylic acids is 1. The summed E-state index contributed by atoms with van der Waals surface area (Å²) < 4.78 is 42.2. The fourth-order valence-electron chi connectivity index (χ4n) is 4.86. The number of hydrogen-bond acceptors (Lipinski definition) is 9. The van der Waals surface area contributed by atoms with Crippen molar-refractivity contribution in [3.8, 4) is 17.2 Å². The molecule has 1 amide bonds. The first kappa shape index (κ1) is 29.0. The molecule has 0 aliphatic carbocycles. The van der Waals surface area contributed by atoms with Crippen molar-refractivity contribution in [2.45, 2.75) is 45.1 Å². The van der Waals surface area contributed by atoms with Crippen LogP contribution in [0, 0.1) is 5.92 Å².